The van der Waals surface area contributed by atoms with Crippen LogP contribution in [0.4, 0.5) is 11.4 Å². The summed E-state index contributed by atoms with van der Waals surface area (Å²) in [5, 5.41) is 15.4. The average Bonchev–Trinajstić information content (AvgIpc) is 2.53. The molecule has 25 heavy (non-hydrogen) atoms. The van der Waals surface area contributed by atoms with E-state index >= 15 is 0 Å². The number of hydrogen-bond donors (Lipinski definition) is 1. The zero-order chi connectivity index (χ0) is 17.8. The molecule has 2 aliphatic heterocycles. The van der Waals surface area contributed by atoms with E-state index < -0.39 is 10.6 Å². The van der Waals surface area contributed by atoms with Crippen molar-refractivity contribution in [2.75, 3.05) is 4.90 Å². The Balaban J connectivity index is 1.79. The Kier molecular flexibility index (Phi) is 3.59. The lowest BCUT2D eigenvalue weighted by Crippen LogP contribution is -2.65. The fraction of sp³-hybridized carbons (Fsp3) is 0.235. The van der Waals surface area contributed by atoms with Crippen molar-refractivity contribution in [3.63, 3.8) is 0 Å². The van der Waals surface area contributed by atoms with Crippen molar-refractivity contribution in [3.8, 4) is 5.75 Å². The molecule has 2 aromatic rings. The zero-order valence-corrected chi connectivity index (χ0v) is 14.8. The van der Waals surface area contributed by atoms with Crippen molar-refractivity contribution in [2.45, 2.75) is 25.1 Å². The summed E-state index contributed by atoms with van der Waals surface area (Å²) in [5.74, 6) is 0.617. The number of nitro benzene ring substituents is 1. The molecule has 8 heteroatoms. The summed E-state index contributed by atoms with van der Waals surface area (Å²) in [4.78, 5) is 12.5. The lowest BCUT2D eigenvalue weighted by atomic mass is 9.90. The van der Waals surface area contributed by atoms with Gasteiger partial charge in [0.25, 0.3) is 5.69 Å². The number of anilines is 1. The monoisotopic (exact) mass is 375 g/mol. The van der Waals surface area contributed by atoms with Gasteiger partial charge in [-0.3, -0.25) is 15.0 Å². The summed E-state index contributed by atoms with van der Waals surface area (Å²) in [6.07, 6.45) is 0.591. The lowest BCUT2D eigenvalue weighted by Gasteiger charge is -2.52. The van der Waals surface area contributed by atoms with Crippen molar-refractivity contribution in [2.24, 2.45) is 0 Å². The van der Waals surface area contributed by atoms with E-state index in [1.54, 1.807) is 18.2 Å². The van der Waals surface area contributed by atoms with Crippen molar-refractivity contribution in [1.82, 2.24) is 5.32 Å². The van der Waals surface area contributed by atoms with Crippen LogP contribution in [-0.2, 0) is 0 Å². The van der Waals surface area contributed by atoms with Gasteiger partial charge < -0.3 is 10.1 Å². The van der Waals surface area contributed by atoms with E-state index in [2.05, 4.69) is 5.32 Å². The summed E-state index contributed by atoms with van der Waals surface area (Å²) < 4.78 is 6.24. The Morgan fingerprint density at radius 2 is 2.20 bits per heavy atom. The number of rotatable bonds is 2. The van der Waals surface area contributed by atoms with Crippen LogP contribution < -0.4 is 15.0 Å². The average molecular weight is 376 g/mol. The third-order valence-corrected chi connectivity index (χ3v) is 5.07. The van der Waals surface area contributed by atoms with Gasteiger partial charge in [-0.05, 0) is 43.4 Å². The first kappa shape index (κ1) is 16.1. The first-order valence-electron chi connectivity index (χ1n) is 7.71. The molecule has 128 valence electrons. The molecule has 4 rings (SSSR count). The van der Waals surface area contributed by atoms with E-state index in [0.717, 1.165) is 11.3 Å². The predicted molar refractivity (Wildman–Crippen MR) is 99.2 cm³/mol. The molecule has 2 heterocycles. The second kappa shape index (κ2) is 5.57. The second-order valence-corrected chi connectivity index (χ2v) is 7.10. The molecule has 1 fully saturated rings. The van der Waals surface area contributed by atoms with Crippen LogP contribution in [0.5, 0.6) is 5.75 Å². The Morgan fingerprint density at radius 3 is 2.92 bits per heavy atom. The Morgan fingerprint density at radius 1 is 1.40 bits per heavy atom. The van der Waals surface area contributed by atoms with Crippen LogP contribution in [0, 0.1) is 10.1 Å². The molecule has 0 unspecified atom stereocenters. The zero-order valence-electron chi connectivity index (χ0n) is 13.2. The molecular formula is C17H14ClN3O3S. The molecule has 0 radical (unpaired) electrons. The van der Waals surface area contributed by atoms with Gasteiger partial charge in [-0.2, -0.15) is 0 Å². The number of nitrogens with one attached hydrogen (secondary N) is 1. The van der Waals surface area contributed by atoms with Gasteiger partial charge in [0.1, 0.15) is 5.75 Å². The summed E-state index contributed by atoms with van der Waals surface area (Å²) >= 11 is 11.7. The van der Waals surface area contributed by atoms with Gasteiger partial charge >= 0.3 is 0 Å². The summed E-state index contributed by atoms with van der Waals surface area (Å²) in [6.45, 7) is 1.96. The van der Waals surface area contributed by atoms with Gasteiger partial charge in [0, 0.05) is 34.8 Å². The van der Waals surface area contributed by atoms with Crippen molar-refractivity contribution in [3.05, 3.63) is 63.2 Å². The number of halogens is 1. The minimum Gasteiger partial charge on any atom is -0.467 e. The highest BCUT2D eigenvalue weighted by Crippen LogP contribution is 2.46. The fourth-order valence-corrected chi connectivity index (χ4v) is 4.11. The molecule has 0 spiro atoms. The maximum Gasteiger partial charge on any atom is 0.270 e. The van der Waals surface area contributed by atoms with Crippen LogP contribution >= 0.6 is 23.8 Å². The molecule has 2 atom stereocenters. The molecule has 1 saturated heterocycles. The van der Waals surface area contributed by atoms with E-state index in [4.69, 9.17) is 28.6 Å². The minimum atomic E-state index is -0.708. The topological polar surface area (TPSA) is 67.6 Å². The van der Waals surface area contributed by atoms with Crippen LogP contribution in [0.2, 0.25) is 5.02 Å². The summed E-state index contributed by atoms with van der Waals surface area (Å²) in [7, 11) is 0. The van der Waals surface area contributed by atoms with Crippen LogP contribution in [0.3, 0.4) is 0 Å². The number of hydrogen-bond acceptors (Lipinski definition) is 4. The van der Waals surface area contributed by atoms with Gasteiger partial charge in [-0.25, -0.2) is 0 Å². The number of non-ortho nitro benzene ring substituents is 1. The number of fused-ring (bicyclic) bond motifs is 4. The summed E-state index contributed by atoms with van der Waals surface area (Å²) in [5.41, 5.74) is 0.910. The molecule has 0 aliphatic carbocycles. The van der Waals surface area contributed by atoms with Gasteiger partial charge in [-0.15, -0.1) is 0 Å². The number of benzene rings is 2. The fourth-order valence-electron chi connectivity index (χ4n) is 3.48. The highest BCUT2D eigenvalue weighted by atomic mass is 35.5. The molecule has 0 amide bonds. The lowest BCUT2D eigenvalue weighted by molar-refractivity contribution is -0.385. The molecule has 0 saturated carbocycles. The van der Waals surface area contributed by atoms with E-state index in [9.17, 15) is 10.1 Å². The van der Waals surface area contributed by atoms with Gasteiger partial charge in [0.15, 0.2) is 10.8 Å². The second-order valence-electron chi connectivity index (χ2n) is 6.28. The maximum absolute atomic E-state index is 11.1. The van der Waals surface area contributed by atoms with Crippen LogP contribution in [0.15, 0.2) is 42.5 Å². The number of ether oxygens (including phenoxy) is 1. The molecule has 6 nitrogen and oxygen atoms in total. The van der Waals surface area contributed by atoms with Crippen LogP contribution in [0.25, 0.3) is 0 Å². The molecule has 2 aromatic carbocycles. The highest BCUT2D eigenvalue weighted by Gasteiger charge is 2.48. The van der Waals surface area contributed by atoms with Gasteiger partial charge in [0.05, 0.1) is 11.0 Å². The normalized spacial score (nSPS) is 24.2. The Bertz CT molecular complexity index is 906. The first-order chi connectivity index (χ1) is 11.9. The van der Waals surface area contributed by atoms with Gasteiger partial charge in [0.2, 0.25) is 0 Å². The number of thiocarbonyl (C=S) groups is 1. The van der Waals surface area contributed by atoms with Crippen molar-refractivity contribution in [1.29, 1.82) is 0 Å². The van der Waals surface area contributed by atoms with Crippen molar-refractivity contribution < 1.29 is 9.66 Å². The largest absolute Gasteiger partial charge is 0.467 e. The Labute approximate surface area is 154 Å². The van der Waals surface area contributed by atoms with Crippen molar-refractivity contribution >= 4 is 40.3 Å². The summed E-state index contributed by atoms with van der Waals surface area (Å²) in [6, 6.07) is 11.9. The van der Waals surface area contributed by atoms with Crippen LogP contribution in [-0.4, -0.2) is 15.8 Å². The van der Waals surface area contributed by atoms with E-state index in [-0.39, 0.29) is 11.7 Å². The third-order valence-electron chi connectivity index (χ3n) is 4.53. The Hall–Kier alpha value is -2.38. The first-order valence-corrected chi connectivity index (χ1v) is 8.50. The standard InChI is InChI=1S/C17H14ClN3O3S/c1-17-9-14(13-8-12(21(22)23)5-6-15(13)24-17)19-16(25)20(17)11-4-2-3-10(18)7-11/h2-8,14H,9H2,1H3,(H,19,25)/t14-,17-/m1/s1. The van der Waals surface area contributed by atoms with Crippen LogP contribution in [0.1, 0.15) is 24.9 Å². The highest BCUT2D eigenvalue weighted by molar-refractivity contribution is 7.80. The van der Waals surface area contributed by atoms with E-state index in [1.165, 1.54) is 6.07 Å². The number of nitrogens with zero attached hydrogens (tertiary/aromatic N) is 2. The smallest absolute Gasteiger partial charge is 0.270 e. The van der Waals surface area contributed by atoms with Gasteiger partial charge in [-0.1, -0.05) is 17.7 Å². The van der Waals surface area contributed by atoms with E-state index in [0.29, 0.717) is 22.3 Å². The maximum atomic E-state index is 11.1. The number of nitro groups is 1. The third kappa shape index (κ3) is 2.60. The molecule has 2 bridgehead atoms. The molecule has 2 aliphatic rings. The SMILES string of the molecule is C[C@@]12C[C@@H](NC(=S)N1c1cccc(Cl)c1)c1cc([N+](=O)[O-])ccc1O2. The predicted octanol–water partition coefficient (Wildman–Crippen LogP) is 4.18. The molecular weight excluding hydrogens is 362 g/mol. The van der Waals surface area contributed by atoms with E-state index in [1.807, 2.05) is 30.0 Å². The molecule has 1 N–H and O–H groups in total. The quantitative estimate of drug-likeness (QED) is 0.482. The minimum absolute atomic E-state index is 0.0379. The molecule has 0 aromatic heterocycles.